The van der Waals surface area contributed by atoms with Crippen LogP contribution in [0, 0.1) is 0 Å². The highest BCUT2D eigenvalue weighted by Crippen LogP contribution is 2.29. The normalized spacial score (nSPS) is 23.0. The highest BCUT2D eigenvalue weighted by Gasteiger charge is 2.46. The van der Waals surface area contributed by atoms with Gasteiger partial charge >= 0.3 is 5.97 Å². The molecule has 1 aromatic carbocycles. The zero-order chi connectivity index (χ0) is 15.5. The van der Waals surface area contributed by atoms with Crippen molar-refractivity contribution in [2.24, 2.45) is 0 Å². The second-order valence-electron chi connectivity index (χ2n) is 5.56. The SMILES string of the molecule is CCC(CC(=O)N1CCC(F)(C(=O)O)C1)c1ccccc1. The molecule has 5 heteroatoms. The molecule has 2 rings (SSSR count). The summed E-state index contributed by atoms with van der Waals surface area (Å²) in [5.74, 6) is -1.57. The van der Waals surface area contributed by atoms with E-state index in [-0.39, 0.29) is 37.8 Å². The third-order valence-corrected chi connectivity index (χ3v) is 4.14. The minimum absolute atomic E-state index is 0.0816. The Labute approximate surface area is 123 Å². The molecule has 21 heavy (non-hydrogen) atoms. The average molecular weight is 293 g/mol. The Morgan fingerprint density at radius 1 is 1.38 bits per heavy atom. The van der Waals surface area contributed by atoms with Gasteiger partial charge < -0.3 is 10.0 Å². The van der Waals surface area contributed by atoms with Crippen LogP contribution < -0.4 is 0 Å². The van der Waals surface area contributed by atoms with Gasteiger partial charge in [0.15, 0.2) is 0 Å². The van der Waals surface area contributed by atoms with Crippen LogP contribution in [-0.4, -0.2) is 40.6 Å². The second-order valence-corrected chi connectivity index (χ2v) is 5.56. The molecule has 1 aromatic rings. The van der Waals surface area contributed by atoms with E-state index in [4.69, 9.17) is 5.11 Å². The van der Waals surface area contributed by atoms with Crippen molar-refractivity contribution < 1.29 is 19.1 Å². The number of hydrogen-bond acceptors (Lipinski definition) is 2. The van der Waals surface area contributed by atoms with Crippen LogP contribution in [0.4, 0.5) is 4.39 Å². The van der Waals surface area contributed by atoms with Gasteiger partial charge in [0.25, 0.3) is 0 Å². The average Bonchev–Trinajstić information content (AvgIpc) is 2.89. The van der Waals surface area contributed by atoms with Gasteiger partial charge in [-0.3, -0.25) is 4.79 Å². The molecule has 0 radical (unpaired) electrons. The molecule has 1 saturated heterocycles. The third kappa shape index (κ3) is 3.40. The number of carbonyl (C=O) groups excluding carboxylic acids is 1. The summed E-state index contributed by atoms with van der Waals surface area (Å²) in [5, 5.41) is 8.87. The predicted molar refractivity (Wildman–Crippen MR) is 76.8 cm³/mol. The molecular formula is C16H20FNO3. The number of benzene rings is 1. The molecule has 2 atom stereocenters. The minimum atomic E-state index is -2.29. The number of carbonyl (C=O) groups is 2. The first kappa shape index (κ1) is 15.5. The molecule has 114 valence electrons. The summed E-state index contributed by atoms with van der Waals surface area (Å²) >= 11 is 0. The molecule has 1 aliphatic heterocycles. The number of likely N-dealkylation sites (tertiary alicyclic amines) is 1. The quantitative estimate of drug-likeness (QED) is 0.908. The van der Waals surface area contributed by atoms with Gasteiger partial charge in [0.2, 0.25) is 11.6 Å². The van der Waals surface area contributed by atoms with Crippen LogP contribution >= 0.6 is 0 Å². The van der Waals surface area contributed by atoms with E-state index in [1.54, 1.807) is 0 Å². The Bertz CT molecular complexity index is 520. The molecule has 0 saturated carbocycles. The number of carboxylic acids is 1. The first-order chi connectivity index (χ1) is 9.96. The zero-order valence-electron chi connectivity index (χ0n) is 12.1. The lowest BCUT2D eigenvalue weighted by Gasteiger charge is -2.21. The maximum atomic E-state index is 14.0. The number of nitrogens with zero attached hydrogens (tertiary/aromatic N) is 1. The van der Waals surface area contributed by atoms with Crippen molar-refractivity contribution >= 4 is 11.9 Å². The Kier molecular flexibility index (Phi) is 4.60. The molecule has 0 spiro atoms. The molecule has 4 nitrogen and oxygen atoms in total. The summed E-state index contributed by atoms with van der Waals surface area (Å²) in [6, 6.07) is 9.72. The number of amides is 1. The van der Waals surface area contributed by atoms with Gasteiger partial charge in [0, 0.05) is 19.4 Å². The van der Waals surface area contributed by atoms with E-state index in [0.29, 0.717) is 0 Å². The van der Waals surface area contributed by atoms with Crippen molar-refractivity contribution in [2.75, 3.05) is 13.1 Å². The Morgan fingerprint density at radius 3 is 2.57 bits per heavy atom. The summed E-state index contributed by atoms with van der Waals surface area (Å²) in [4.78, 5) is 24.5. The van der Waals surface area contributed by atoms with E-state index < -0.39 is 11.6 Å². The Balaban J connectivity index is 2.00. The highest BCUT2D eigenvalue weighted by atomic mass is 19.1. The molecule has 1 heterocycles. The topological polar surface area (TPSA) is 57.6 Å². The minimum Gasteiger partial charge on any atom is -0.479 e. The van der Waals surface area contributed by atoms with Crippen molar-refractivity contribution in [3.8, 4) is 0 Å². The van der Waals surface area contributed by atoms with Crippen molar-refractivity contribution in [3.05, 3.63) is 35.9 Å². The van der Waals surface area contributed by atoms with Gasteiger partial charge in [-0.25, -0.2) is 9.18 Å². The fourth-order valence-electron chi connectivity index (χ4n) is 2.72. The monoisotopic (exact) mass is 293 g/mol. The lowest BCUT2D eigenvalue weighted by Crippen LogP contribution is -2.39. The van der Waals surface area contributed by atoms with Gasteiger partial charge in [-0.1, -0.05) is 37.3 Å². The number of hydrogen-bond donors (Lipinski definition) is 1. The summed E-state index contributed by atoms with van der Waals surface area (Å²) in [5.41, 5.74) is -1.21. The van der Waals surface area contributed by atoms with Gasteiger partial charge in [0.05, 0.1) is 6.54 Å². The lowest BCUT2D eigenvalue weighted by molar-refractivity contribution is -0.150. The lowest BCUT2D eigenvalue weighted by atomic mass is 9.93. The highest BCUT2D eigenvalue weighted by molar-refractivity contribution is 5.82. The number of rotatable bonds is 5. The fraction of sp³-hybridized carbons (Fsp3) is 0.500. The van der Waals surface area contributed by atoms with Crippen LogP contribution in [0.3, 0.4) is 0 Å². The van der Waals surface area contributed by atoms with E-state index in [9.17, 15) is 14.0 Å². The van der Waals surface area contributed by atoms with Crippen LogP contribution in [-0.2, 0) is 9.59 Å². The first-order valence-electron chi connectivity index (χ1n) is 7.21. The summed E-state index contributed by atoms with van der Waals surface area (Å²) in [7, 11) is 0. The number of carboxylic acid groups (broad SMARTS) is 1. The van der Waals surface area contributed by atoms with E-state index in [2.05, 4.69) is 0 Å². The molecule has 0 bridgehead atoms. The van der Waals surface area contributed by atoms with E-state index >= 15 is 0 Å². The number of alkyl halides is 1. The van der Waals surface area contributed by atoms with Gasteiger partial charge in [-0.05, 0) is 17.9 Å². The van der Waals surface area contributed by atoms with E-state index in [1.807, 2.05) is 37.3 Å². The largest absolute Gasteiger partial charge is 0.479 e. The molecule has 2 unspecified atom stereocenters. The van der Waals surface area contributed by atoms with Crippen molar-refractivity contribution in [1.29, 1.82) is 0 Å². The Morgan fingerprint density at radius 2 is 2.05 bits per heavy atom. The zero-order valence-corrected chi connectivity index (χ0v) is 12.1. The van der Waals surface area contributed by atoms with E-state index in [1.165, 1.54) is 4.90 Å². The van der Waals surface area contributed by atoms with E-state index in [0.717, 1.165) is 12.0 Å². The van der Waals surface area contributed by atoms with Crippen LogP contribution in [0.15, 0.2) is 30.3 Å². The molecular weight excluding hydrogens is 273 g/mol. The van der Waals surface area contributed by atoms with Crippen LogP contribution in [0.25, 0.3) is 0 Å². The maximum Gasteiger partial charge on any atom is 0.343 e. The fourth-order valence-corrected chi connectivity index (χ4v) is 2.72. The third-order valence-electron chi connectivity index (χ3n) is 4.14. The molecule has 0 aromatic heterocycles. The van der Waals surface area contributed by atoms with Crippen LogP contribution in [0.5, 0.6) is 0 Å². The van der Waals surface area contributed by atoms with Crippen molar-refractivity contribution in [3.63, 3.8) is 0 Å². The first-order valence-corrected chi connectivity index (χ1v) is 7.21. The van der Waals surface area contributed by atoms with Crippen molar-refractivity contribution in [1.82, 2.24) is 4.90 Å². The van der Waals surface area contributed by atoms with Gasteiger partial charge in [-0.15, -0.1) is 0 Å². The maximum absolute atomic E-state index is 14.0. The predicted octanol–water partition coefficient (Wildman–Crippen LogP) is 2.60. The van der Waals surface area contributed by atoms with Crippen LogP contribution in [0.1, 0.15) is 37.7 Å². The smallest absolute Gasteiger partial charge is 0.343 e. The van der Waals surface area contributed by atoms with Crippen LogP contribution in [0.2, 0.25) is 0 Å². The molecule has 0 aliphatic carbocycles. The number of halogens is 1. The summed E-state index contributed by atoms with van der Waals surface area (Å²) in [6.07, 6.45) is 0.968. The summed E-state index contributed by atoms with van der Waals surface area (Å²) in [6.45, 7) is 1.84. The number of aliphatic carboxylic acids is 1. The second kappa shape index (κ2) is 6.24. The standard InChI is InChI=1S/C16H20FNO3/c1-2-12(13-6-4-3-5-7-13)10-14(19)18-9-8-16(17,11-18)15(20)21/h3-7,12H,2,8-11H2,1H3,(H,20,21). The molecule has 1 aliphatic rings. The Hall–Kier alpha value is -1.91. The molecule has 1 fully saturated rings. The molecule has 1 amide bonds. The summed E-state index contributed by atoms with van der Waals surface area (Å²) < 4.78 is 14.0. The van der Waals surface area contributed by atoms with Crippen molar-refractivity contribution in [2.45, 2.75) is 37.8 Å². The van der Waals surface area contributed by atoms with Gasteiger partial charge in [0.1, 0.15) is 0 Å². The van der Waals surface area contributed by atoms with Gasteiger partial charge in [-0.2, -0.15) is 0 Å². The molecule has 1 N–H and O–H groups in total.